The van der Waals surface area contributed by atoms with E-state index in [4.69, 9.17) is 12.3 Å². The molecule has 2 unspecified atom stereocenters. The van der Waals surface area contributed by atoms with E-state index in [0.717, 1.165) is 6.42 Å². The predicted molar refractivity (Wildman–Crippen MR) is 96.8 cm³/mol. The molecule has 0 N–H and O–H groups in total. The minimum Gasteiger partial charge on any atom is -0.440 e. The Kier molecular flexibility index (Phi) is 6.83. The van der Waals surface area contributed by atoms with E-state index in [1.54, 1.807) is 0 Å². The van der Waals surface area contributed by atoms with E-state index in [-0.39, 0.29) is 0 Å². The molecule has 1 aliphatic carbocycles. The van der Waals surface area contributed by atoms with Crippen LogP contribution in [0.2, 0.25) is 51.4 Å². The van der Waals surface area contributed by atoms with Gasteiger partial charge in [0.1, 0.15) is 0 Å². The molecule has 0 radical (unpaired) electrons. The minimum absolute atomic E-state index is 0.409. The van der Waals surface area contributed by atoms with E-state index >= 15 is 0 Å². The van der Waals surface area contributed by atoms with Crippen molar-refractivity contribution in [1.29, 1.82) is 0 Å². The van der Waals surface area contributed by atoms with Crippen LogP contribution < -0.4 is 0 Å². The predicted octanol–water partition coefficient (Wildman–Crippen LogP) is 3.66. The summed E-state index contributed by atoms with van der Waals surface area (Å²) in [5.41, 5.74) is 0.409. The Hall–Kier alpha value is 0.228. The van der Waals surface area contributed by atoms with Gasteiger partial charge in [-0.25, -0.2) is 0 Å². The van der Waals surface area contributed by atoms with Crippen LogP contribution in [0.5, 0.6) is 0 Å². The minimum atomic E-state index is -2.23. The average molecular weight is 347 g/mol. The second-order valence-electron chi connectivity index (χ2n) is 6.51. The first-order valence-corrected chi connectivity index (χ1v) is 18.3. The zero-order valence-corrected chi connectivity index (χ0v) is 18.3. The first kappa shape index (κ1) is 18.3. The second kappa shape index (κ2) is 7.48. The molecule has 0 saturated heterocycles. The third kappa shape index (κ3) is 5.92. The Morgan fingerprint density at radius 1 is 0.950 bits per heavy atom. The van der Waals surface area contributed by atoms with Gasteiger partial charge in [0.15, 0.2) is 18.1 Å². The molecule has 0 amide bonds. The molecule has 2 atom stereocenters. The van der Waals surface area contributed by atoms with Crippen molar-refractivity contribution in [3.05, 3.63) is 24.3 Å². The van der Waals surface area contributed by atoms with Crippen molar-refractivity contribution in [2.45, 2.75) is 57.8 Å². The van der Waals surface area contributed by atoms with Gasteiger partial charge in [0.05, 0.1) is 0 Å². The van der Waals surface area contributed by atoms with Crippen molar-refractivity contribution in [2.75, 3.05) is 0 Å². The summed E-state index contributed by atoms with van der Waals surface area (Å²) in [5.74, 6) is 0. The normalized spacial score (nSPS) is 22.6. The summed E-state index contributed by atoms with van der Waals surface area (Å²) < 4.78 is 19.2. The van der Waals surface area contributed by atoms with Crippen LogP contribution in [0.25, 0.3) is 0 Å². The Labute approximate surface area is 130 Å². The summed E-state index contributed by atoms with van der Waals surface area (Å²) in [7, 11) is -6.54. The van der Waals surface area contributed by atoms with Crippen LogP contribution in [0.1, 0.15) is 6.42 Å². The number of hydrogen-bond donors (Lipinski definition) is 0. The zero-order valence-electron chi connectivity index (χ0n) is 14.0. The third-order valence-electron chi connectivity index (χ3n) is 3.09. The molecule has 0 fully saturated rings. The van der Waals surface area contributed by atoms with Crippen molar-refractivity contribution in [3.8, 4) is 0 Å². The molecular weight excluding hydrogens is 316 g/mol. The van der Waals surface area contributed by atoms with Crippen LogP contribution in [-0.2, 0) is 12.3 Å². The van der Waals surface area contributed by atoms with E-state index < -0.39 is 35.2 Å². The maximum atomic E-state index is 6.60. The molecule has 0 aromatic rings. The number of rotatable bonds is 7. The summed E-state index contributed by atoms with van der Waals surface area (Å²) in [4.78, 5) is 0. The largest absolute Gasteiger partial charge is 0.440 e. The highest BCUT2D eigenvalue weighted by molar-refractivity contribution is 6.85. The van der Waals surface area contributed by atoms with Crippen molar-refractivity contribution < 1.29 is 12.3 Å². The molecular formula is C13H30O3Si4. The van der Waals surface area contributed by atoms with Crippen LogP contribution in [0.15, 0.2) is 24.3 Å². The summed E-state index contributed by atoms with van der Waals surface area (Å²) >= 11 is 0. The molecule has 0 aromatic heterocycles. The van der Waals surface area contributed by atoms with E-state index in [9.17, 15) is 0 Å². The molecule has 3 nitrogen and oxygen atoms in total. The Morgan fingerprint density at radius 2 is 1.55 bits per heavy atom. The average Bonchev–Trinajstić information content (AvgIpc) is 2.26. The molecule has 7 heteroatoms. The first-order chi connectivity index (χ1) is 9.15. The van der Waals surface area contributed by atoms with E-state index in [1.807, 2.05) is 0 Å². The fourth-order valence-electron chi connectivity index (χ4n) is 2.70. The fourth-order valence-corrected chi connectivity index (χ4v) is 18.5. The van der Waals surface area contributed by atoms with Gasteiger partial charge in [0.25, 0.3) is 0 Å². The summed E-state index contributed by atoms with van der Waals surface area (Å²) in [6, 6.07) is 0. The van der Waals surface area contributed by atoms with Gasteiger partial charge in [-0.2, -0.15) is 0 Å². The van der Waals surface area contributed by atoms with Gasteiger partial charge in [0.2, 0.25) is 0 Å². The van der Waals surface area contributed by atoms with Gasteiger partial charge in [-0.1, -0.05) is 24.3 Å². The van der Waals surface area contributed by atoms with Crippen molar-refractivity contribution >= 4 is 35.2 Å². The maximum absolute atomic E-state index is 6.60. The molecule has 0 heterocycles. The molecule has 0 aromatic carbocycles. The zero-order chi connectivity index (χ0) is 15.4. The van der Waals surface area contributed by atoms with Crippen molar-refractivity contribution in [1.82, 2.24) is 0 Å². The first-order valence-electron chi connectivity index (χ1n) is 7.54. The number of allylic oxidation sites excluding steroid dienone is 4. The topological polar surface area (TPSA) is 27.7 Å². The van der Waals surface area contributed by atoms with E-state index in [1.165, 1.54) is 0 Å². The maximum Gasteiger partial charge on any atom is 0.323 e. The molecule has 0 bridgehead atoms. The highest BCUT2D eigenvalue weighted by atomic mass is 28.5. The van der Waals surface area contributed by atoms with Crippen LogP contribution in [0, 0.1) is 0 Å². The monoisotopic (exact) mass is 346 g/mol. The van der Waals surface area contributed by atoms with E-state index in [2.05, 4.69) is 70.1 Å². The number of hydrogen-bond acceptors (Lipinski definition) is 3. The SMILES string of the molecule is C[SiH](C)O[Si](C)(C)O[Si](C)(O[SiH](C)C)C1C=CC=CC1. The summed E-state index contributed by atoms with van der Waals surface area (Å²) in [6.45, 7) is 15.4. The molecule has 0 spiro atoms. The van der Waals surface area contributed by atoms with Gasteiger partial charge in [-0.15, -0.1) is 0 Å². The van der Waals surface area contributed by atoms with Gasteiger partial charge in [0, 0.05) is 5.54 Å². The Morgan fingerprint density at radius 3 is 2.00 bits per heavy atom. The second-order valence-corrected chi connectivity index (χ2v) is 19.0. The van der Waals surface area contributed by atoms with Crippen LogP contribution in [0.4, 0.5) is 0 Å². The Bertz CT molecular complexity index is 369. The van der Waals surface area contributed by atoms with Gasteiger partial charge in [-0.05, 0) is 52.2 Å². The van der Waals surface area contributed by atoms with Crippen LogP contribution >= 0.6 is 0 Å². The lowest BCUT2D eigenvalue weighted by Gasteiger charge is -2.41. The van der Waals surface area contributed by atoms with E-state index in [0.29, 0.717) is 5.54 Å². The molecule has 1 rings (SSSR count). The van der Waals surface area contributed by atoms with Crippen LogP contribution in [0.3, 0.4) is 0 Å². The Balaban J connectivity index is 2.87. The molecule has 20 heavy (non-hydrogen) atoms. The smallest absolute Gasteiger partial charge is 0.323 e. The quantitative estimate of drug-likeness (QED) is 0.658. The van der Waals surface area contributed by atoms with Gasteiger partial charge >= 0.3 is 17.1 Å². The lowest BCUT2D eigenvalue weighted by Crippen LogP contribution is -2.55. The molecule has 116 valence electrons. The highest BCUT2D eigenvalue weighted by Gasteiger charge is 2.45. The van der Waals surface area contributed by atoms with Crippen molar-refractivity contribution in [2.24, 2.45) is 0 Å². The lowest BCUT2D eigenvalue weighted by molar-refractivity contribution is 0.325. The summed E-state index contributed by atoms with van der Waals surface area (Å²) in [5, 5.41) is 0. The molecule has 0 aliphatic heterocycles. The summed E-state index contributed by atoms with van der Waals surface area (Å²) in [6.07, 6.45) is 9.75. The molecule has 1 aliphatic rings. The third-order valence-corrected chi connectivity index (χ3v) is 16.4. The lowest BCUT2D eigenvalue weighted by atomic mass is 10.2. The highest BCUT2D eigenvalue weighted by Crippen LogP contribution is 2.34. The fraction of sp³-hybridized carbons (Fsp3) is 0.692. The van der Waals surface area contributed by atoms with Crippen LogP contribution in [-0.4, -0.2) is 35.2 Å². The van der Waals surface area contributed by atoms with Gasteiger partial charge in [-0.3, -0.25) is 0 Å². The molecule has 0 saturated carbocycles. The standard InChI is InChI=1S/C13H30O3Si4/c1-17(2)14-19(5,6)16-20(7,15-18(3)4)13-11-9-8-10-12-13/h8-11,13,17-18H,12H2,1-7H3. The van der Waals surface area contributed by atoms with Crippen molar-refractivity contribution in [3.63, 3.8) is 0 Å². The van der Waals surface area contributed by atoms with Gasteiger partial charge < -0.3 is 12.3 Å².